The summed E-state index contributed by atoms with van der Waals surface area (Å²) in [5, 5.41) is 7.72. The number of aromatic nitrogens is 2. The quantitative estimate of drug-likeness (QED) is 0.704. The van der Waals surface area contributed by atoms with Crippen LogP contribution in [0.25, 0.3) is 10.8 Å². The maximum Gasteiger partial charge on any atom is 0.275 e. The van der Waals surface area contributed by atoms with Gasteiger partial charge in [0.1, 0.15) is 0 Å². The molecule has 1 amide bonds. The van der Waals surface area contributed by atoms with Crippen LogP contribution in [0.1, 0.15) is 47.6 Å². The third-order valence-corrected chi connectivity index (χ3v) is 5.86. The van der Waals surface area contributed by atoms with Gasteiger partial charge in [-0.05, 0) is 36.8 Å². The van der Waals surface area contributed by atoms with Crippen LogP contribution in [0.3, 0.4) is 0 Å². The fourth-order valence-electron chi connectivity index (χ4n) is 3.68. The van der Waals surface area contributed by atoms with Crippen LogP contribution < -0.4 is 5.56 Å². The molecule has 1 fully saturated rings. The van der Waals surface area contributed by atoms with E-state index in [4.69, 9.17) is 0 Å². The van der Waals surface area contributed by atoms with Crippen LogP contribution in [0.15, 0.2) is 46.6 Å². The van der Waals surface area contributed by atoms with Crippen molar-refractivity contribution >= 4 is 28.0 Å². The Labute approximate surface area is 155 Å². The molecule has 5 nitrogen and oxygen atoms in total. The van der Waals surface area contributed by atoms with Gasteiger partial charge in [0, 0.05) is 23.4 Å². The standard InChI is InChI=1S/C20H21N3O2S/c1-2-11-23-19(24)15-8-4-3-7-14(15)18(21-23)20(25)22-12-5-9-16(22)17-10-6-13-26-17/h3-4,6-8,10,13,16H,2,5,9,11-12H2,1H3/t16-/m1/s1. The number of fused-ring (bicyclic) bond motifs is 1. The molecule has 4 rings (SSSR count). The fourth-order valence-corrected chi connectivity index (χ4v) is 4.55. The zero-order valence-electron chi connectivity index (χ0n) is 14.7. The van der Waals surface area contributed by atoms with Gasteiger partial charge in [0.25, 0.3) is 11.5 Å². The molecule has 0 bridgehead atoms. The Hall–Kier alpha value is -2.47. The van der Waals surface area contributed by atoms with Gasteiger partial charge in [-0.15, -0.1) is 11.3 Å². The van der Waals surface area contributed by atoms with Crippen molar-refractivity contribution in [2.24, 2.45) is 0 Å². The Morgan fingerprint density at radius 2 is 2.04 bits per heavy atom. The average Bonchev–Trinajstić information content (AvgIpc) is 3.35. The molecule has 1 aromatic carbocycles. The van der Waals surface area contributed by atoms with Crippen molar-refractivity contribution in [3.05, 3.63) is 62.7 Å². The summed E-state index contributed by atoms with van der Waals surface area (Å²) in [6.07, 6.45) is 2.75. The van der Waals surface area contributed by atoms with Crippen LogP contribution in [0, 0.1) is 0 Å². The summed E-state index contributed by atoms with van der Waals surface area (Å²) in [5.74, 6) is -0.0815. The highest BCUT2D eigenvalue weighted by atomic mass is 32.1. The average molecular weight is 367 g/mol. The van der Waals surface area contributed by atoms with Crippen LogP contribution in [-0.2, 0) is 6.54 Å². The minimum Gasteiger partial charge on any atom is -0.329 e. The molecule has 6 heteroatoms. The van der Waals surface area contributed by atoms with Crippen LogP contribution in [-0.4, -0.2) is 27.1 Å². The van der Waals surface area contributed by atoms with Crippen molar-refractivity contribution < 1.29 is 4.79 Å². The summed E-state index contributed by atoms with van der Waals surface area (Å²) in [6, 6.07) is 11.5. The molecule has 1 saturated heterocycles. The number of benzene rings is 1. The number of amides is 1. The van der Waals surface area contributed by atoms with E-state index < -0.39 is 0 Å². The van der Waals surface area contributed by atoms with Crippen molar-refractivity contribution in [3.8, 4) is 0 Å². The highest BCUT2D eigenvalue weighted by molar-refractivity contribution is 7.10. The summed E-state index contributed by atoms with van der Waals surface area (Å²) in [5.41, 5.74) is 0.257. The van der Waals surface area contributed by atoms with Crippen molar-refractivity contribution in [1.29, 1.82) is 0 Å². The van der Waals surface area contributed by atoms with E-state index in [9.17, 15) is 9.59 Å². The summed E-state index contributed by atoms with van der Waals surface area (Å²) < 4.78 is 1.44. The van der Waals surface area contributed by atoms with Crippen molar-refractivity contribution in [2.75, 3.05) is 6.54 Å². The smallest absolute Gasteiger partial charge is 0.275 e. The second-order valence-corrected chi connectivity index (χ2v) is 7.57. The van der Waals surface area contributed by atoms with E-state index in [1.807, 2.05) is 41.5 Å². The van der Waals surface area contributed by atoms with Gasteiger partial charge < -0.3 is 4.90 Å². The molecule has 0 aliphatic carbocycles. The summed E-state index contributed by atoms with van der Waals surface area (Å²) in [7, 11) is 0. The van der Waals surface area contributed by atoms with Gasteiger partial charge in [-0.1, -0.05) is 31.2 Å². The lowest BCUT2D eigenvalue weighted by molar-refractivity contribution is 0.0731. The molecule has 3 heterocycles. The van der Waals surface area contributed by atoms with E-state index in [0.717, 1.165) is 25.8 Å². The molecule has 0 saturated carbocycles. The van der Waals surface area contributed by atoms with Gasteiger partial charge >= 0.3 is 0 Å². The van der Waals surface area contributed by atoms with Gasteiger partial charge in [0.15, 0.2) is 5.69 Å². The number of thiophene rings is 1. The predicted octanol–water partition coefficient (Wildman–Crippen LogP) is 3.85. The molecule has 1 aliphatic heterocycles. The molecule has 0 unspecified atom stereocenters. The third kappa shape index (κ3) is 2.84. The zero-order valence-corrected chi connectivity index (χ0v) is 15.5. The maximum absolute atomic E-state index is 13.4. The first-order chi connectivity index (χ1) is 12.7. The second kappa shape index (κ2) is 7.03. The number of nitrogens with zero attached hydrogens (tertiary/aromatic N) is 3. The SMILES string of the molecule is CCCn1nc(C(=O)N2CCC[C@@H]2c2cccs2)c2ccccc2c1=O. The Bertz CT molecular complexity index is 994. The highest BCUT2D eigenvalue weighted by Gasteiger charge is 2.33. The zero-order chi connectivity index (χ0) is 18.1. The van der Waals surface area contributed by atoms with E-state index in [2.05, 4.69) is 11.2 Å². The predicted molar refractivity (Wildman–Crippen MR) is 104 cm³/mol. The number of likely N-dealkylation sites (tertiary alicyclic amines) is 1. The molecule has 134 valence electrons. The van der Waals surface area contributed by atoms with Crippen molar-refractivity contribution in [3.63, 3.8) is 0 Å². The Morgan fingerprint density at radius 1 is 1.23 bits per heavy atom. The molecule has 1 atom stereocenters. The number of carbonyl (C=O) groups excluding carboxylic acids is 1. The fraction of sp³-hybridized carbons (Fsp3) is 0.350. The number of rotatable bonds is 4. The van der Waals surface area contributed by atoms with Crippen LogP contribution in [0.5, 0.6) is 0 Å². The summed E-state index contributed by atoms with van der Waals surface area (Å²) in [6.45, 7) is 3.24. The van der Waals surface area contributed by atoms with Gasteiger partial charge in [0.05, 0.1) is 11.4 Å². The first-order valence-electron chi connectivity index (χ1n) is 9.05. The molecule has 3 aromatic rings. The van der Waals surface area contributed by atoms with Gasteiger partial charge in [-0.3, -0.25) is 9.59 Å². The Morgan fingerprint density at radius 3 is 2.77 bits per heavy atom. The number of carbonyl (C=O) groups is 1. The highest BCUT2D eigenvalue weighted by Crippen LogP contribution is 2.35. The molecular formula is C20H21N3O2S. The number of aryl methyl sites for hydroxylation is 1. The lowest BCUT2D eigenvalue weighted by atomic mass is 10.1. The first kappa shape index (κ1) is 17.0. The molecule has 0 spiro atoms. The third-order valence-electron chi connectivity index (χ3n) is 4.89. The van der Waals surface area contributed by atoms with Crippen LogP contribution >= 0.6 is 11.3 Å². The molecule has 1 aliphatic rings. The summed E-state index contributed by atoms with van der Waals surface area (Å²) >= 11 is 1.68. The first-order valence-corrected chi connectivity index (χ1v) is 9.93. The molecular weight excluding hydrogens is 346 g/mol. The normalized spacial score (nSPS) is 17.1. The molecule has 0 N–H and O–H groups in total. The molecule has 2 aromatic heterocycles. The van der Waals surface area contributed by atoms with Crippen molar-refractivity contribution in [2.45, 2.75) is 38.8 Å². The topological polar surface area (TPSA) is 55.2 Å². The monoisotopic (exact) mass is 367 g/mol. The number of hydrogen-bond donors (Lipinski definition) is 0. The van der Waals surface area contributed by atoms with E-state index in [-0.39, 0.29) is 17.5 Å². The van der Waals surface area contributed by atoms with E-state index in [1.165, 1.54) is 9.56 Å². The van der Waals surface area contributed by atoms with E-state index >= 15 is 0 Å². The molecule has 0 radical (unpaired) electrons. The number of hydrogen-bond acceptors (Lipinski definition) is 4. The largest absolute Gasteiger partial charge is 0.329 e. The van der Waals surface area contributed by atoms with Crippen LogP contribution in [0.2, 0.25) is 0 Å². The van der Waals surface area contributed by atoms with Gasteiger partial charge in [0.2, 0.25) is 0 Å². The van der Waals surface area contributed by atoms with Gasteiger partial charge in [-0.25, -0.2) is 4.68 Å². The molecule has 26 heavy (non-hydrogen) atoms. The lowest BCUT2D eigenvalue weighted by Crippen LogP contribution is -2.34. The summed E-state index contributed by atoms with van der Waals surface area (Å²) in [4.78, 5) is 29.2. The van der Waals surface area contributed by atoms with Gasteiger partial charge in [-0.2, -0.15) is 5.10 Å². The Kier molecular flexibility index (Phi) is 4.59. The minimum atomic E-state index is -0.129. The maximum atomic E-state index is 13.4. The second-order valence-electron chi connectivity index (χ2n) is 6.59. The van der Waals surface area contributed by atoms with Crippen LogP contribution in [0.4, 0.5) is 0 Å². The lowest BCUT2D eigenvalue weighted by Gasteiger charge is -2.24. The Balaban J connectivity index is 1.81. The van der Waals surface area contributed by atoms with E-state index in [1.54, 1.807) is 17.4 Å². The minimum absolute atomic E-state index is 0.0815. The van der Waals surface area contributed by atoms with Crippen molar-refractivity contribution in [1.82, 2.24) is 14.7 Å². The van der Waals surface area contributed by atoms with E-state index in [0.29, 0.717) is 23.0 Å².